The van der Waals surface area contributed by atoms with Crippen LogP contribution in [0.1, 0.15) is 30.6 Å². The summed E-state index contributed by atoms with van der Waals surface area (Å²) in [6.45, 7) is 1.60. The molecule has 20 heteroatoms. The molecule has 0 spiro atoms. The van der Waals surface area contributed by atoms with Crippen LogP contribution in [0.4, 0.5) is 0 Å². The maximum atomic E-state index is 11.3. The lowest BCUT2D eigenvalue weighted by molar-refractivity contribution is -0.372. The van der Waals surface area contributed by atoms with Crippen LogP contribution in [-0.4, -0.2) is 197 Å². The van der Waals surface area contributed by atoms with E-state index in [2.05, 4.69) is 5.32 Å². The maximum absolute atomic E-state index is 11.3. The molecular formula is C33H49NO19. The zero-order valence-corrected chi connectivity index (χ0v) is 28.7. The molecule has 1 aromatic carbocycles. The van der Waals surface area contributed by atoms with Crippen molar-refractivity contribution in [1.29, 1.82) is 0 Å². The van der Waals surface area contributed by atoms with Crippen molar-refractivity contribution in [1.82, 2.24) is 5.32 Å². The van der Waals surface area contributed by atoms with Crippen LogP contribution < -0.4 is 10.1 Å². The van der Waals surface area contributed by atoms with Crippen molar-refractivity contribution in [2.75, 3.05) is 13.2 Å². The molecule has 3 aliphatic heterocycles. The summed E-state index contributed by atoms with van der Waals surface area (Å²) >= 11 is 0. The Morgan fingerprint density at radius 3 is 1.85 bits per heavy atom. The first-order chi connectivity index (χ1) is 25.1. The first-order valence-corrected chi connectivity index (χ1v) is 17.2. The minimum atomic E-state index is -1.97. The summed E-state index contributed by atoms with van der Waals surface area (Å²) in [6, 6.07) is 3.23. The van der Waals surface area contributed by atoms with Gasteiger partial charge in [-0.15, -0.1) is 0 Å². The van der Waals surface area contributed by atoms with Crippen molar-refractivity contribution >= 4 is 5.97 Å². The molecule has 0 amide bonds. The number of ether oxygens (including phenoxy) is 6. The predicted octanol–water partition coefficient (Wildman–Crippen LogP) is -5.36. The van der Waals surface area contributed by atoms with Crippen LogP contribution in [0.15, 0.2) is 35.9 Å². The third-order valence-corrected chi connectivity index (χ3v) is 10.0. The molecule has 0 saturated carbocycles. The Morgan fingerprint density at radius 1 is 0.736 bits per heavy atom. The molecule has 0 radical (unpaired) electrons. The van der Waals surface area contributed by atoms with Gasteiger partial charge in [0.15, 0.2) is 12.6 Å². The third-order valence-electron chi connectivity index (χ3n) is 10.0. The standard InChI is InChI=1S/C33H49NO19/c1-3-12-8-15(20(38)22(40)19(12)37)34-18-11(2)48-31(25(43)21(18)39)52-28-17(10-36)51-33(27(45)24(28)42)53-29-16(9-35)50-32(26(44)23(29)41)49-14-6-4-5-13(7-14)30(46)47/h4-8,11,15-29,31-45H,3,9-10H2,1-2H3,(H,46,47). The highest BCUT2D eigenvalue weighted by Crippen LogP contribution is 2.34. The highest BCUT2D eigenvalue weighted by molar-refractivity contribution is 5.88. The lowest BCUT2D eigenvalue weighted by Gasteiger charge is -2.48. The van der Waals surface area contributed by atoms with Crippen molar-refractivity contribution in [3.05, 3.63) is 41.5 Å². The number of hydrogen-bond donors (Lipinski definition) is 13. The van der Waals surface area contributed by atoms with E-state index in [0.717, 1.165) is 6.07 Å². The number of carboxylic acids is 1. The number of aliphatic hydroxyl groups is 11. The molecular weight excluding hydrogens is 714 g/mol. The van der Waals surface area contributed by atoms with Gasteiger partial charge in [0.1, 0.15) is 85.1 Å². The molecule has 3 saturated heterocycles. The second-order valence-corrected chi connectivity index (χ2v) is 13.5. The summed E-state index contributed by atoms with van der Waals surface area (Å²) in [5, 5.41) is 129. The van der Waals surface area contributed by atoms with Gasteiger partial charge in [0.25, 0.3) is 0 Å². The summed E-state index contributed by atoms with van der Waals surface area (Å²) in [5.41, 5.74) is 0.324. The van der Waals surface area contributed by atoms with Crippen LogP contribution in [0.25, 0.3) is 0 Å². The number of rotatable bonds is 12. The molecule has 300 valence electrons. The highest BCUT2D eigenvalue weighted by atomic mass is 16.8. The SMILES string of the molecule is CCC1=CC(NC2C(C)OC(OC3C(CO)OC(OC4C(CO)OC(Oc5cccc(C(=O)O)c5)C(O)C4O)C(O)C3O)C(O)C2O)C(O)C(O)C1O. The summed E-state index contributed by atoms with van der Waals surface area (Å²) in [4.78, 5) is 11.3. The predicted molar refractivity (Wildman–Crippen MR) is 173 cm³/mol. The Hall–Kier alpha value is -2.45. The molecule has 20 nitrogen and oxygen atoms in total. The lowest BCUT2D eigenvalue weighted by atomic mass is 9.85. The van der Waals surface area contributed by atoms with E-state index in [0.29, 0.717) is 12.0 Å². The Bertz CT molecular complexity index is 1400. The number of aliphatic hydroxyl groups excluding tert-OH is 11. The number of carbonyl (C=O) groups is 1. The first-order valence-electron chi connectivity index (χ1n) is 17.2. The van der Waals surface area contributed by atoms with Crippen LogP contribution >= 0.6 is 0 Å². The van der Waals surface area contributed by atoms with Crippen molar-refractivity contribution in [2.45, 2.75) is 137 Å². The summed E-state index contributed by atoms with van der Waals surface area (Å²) in [7, 11) is 0. The zero-order chi connectivity index (χ0) is 38.9. The van der Waals surface area contributed by atoms with Crippen LogP contribution in [-0.2, 0) is 23.7 Å². The molecule has 1 aliphatic carbocycles. The van der Waals surface area contributed by atoms with Gasteiger partial charge in [0.2, 0.25) is 6.29 Å². The Labute approximate surface area is 302 Å². The lowest BCUT2D eigenvalue weighted by Crippen LogP contribution is -2.68. The van der Waals surface area contributed by atoms with Gasteiger partial charge in [-0.3, -0.25) is 0 Å². The van der Waals surface area contributed by atoms with Gasteiger partial charge < -0.3 is 95.0 Å². The summed E-state index contributed by atoms with van der Waals surface area (Å²) < 4.78 is 34.0. The monoisotopic (exact) mass is 763 g/mol. The fourth-order valence-corrected chi connectivity index (χ4v) is 6.91. The van der Waals surface area contributed by atoms with Crippen LogP contribution in [0, 0.1) is 0 Å². The molecule has 3 heterocycles. The molecule has 5 rings (SSSR count). The zero-order valence-electron chi connectivity index (χ0n) is 28.7. The molecule has 53 heavy (non-hydrogen) atoms. The van der Waals surface area contributed by atoms with Gasteiger partial charge in [-0.05, 0) is 37.1 Å². The van der Waals surface area contributed by atoms with E-state index in [9.17, 15) is 66.1 Å². The summed E-state index contributed by atoms with van der Waals surface area (Å²) in [6.07, 6.45) is -25.5. The highest BCUT2D eigenvalue weighted by Gasteiger charge is 2.54. The van der Waals surface area contributed by atoms with E-state index in [1.807, 2.05) is 0 Å². The van der Waals surface area contributed by atoms with Crippen molar-refractivity contribution in [2.24, 2.45) is 0 Å². The molecule has 13 N–H and O–H groups in total. The molecule has 0 aromatic heterocycles. The molecule has 19 atom stereocenters. The molecule has 19 unspecified atom stereocenters. The number of benzene rings is 1. The van der Waals surface area contributed by atoms with E-state index in [1.54, 1.807) is 6.92 Å². The number of hydrogen-bond acceptors (Lipinski definition) is 19. The second kappa shape index (κ2) is 17.6. The van der Waals surface area contributed by atoms with Gasteiger partial charge in [0, 0.05) is 0 Å². The Kier molecular flexibility index (Phi) is 13.8. The topological polar surface area (TPSA) is 327 Å². The number of carboxylic acid groups (broad SMARTS) is 1. The molecule has 0 bridgehead atoms. The average Bonchev–Trinajstić information content (AvgIpc) is 3.14. The van der Waals surface area contributed by atoms with Gasteiger partial charge in [0.05, 0.1) is 37.0 Å². The van der Waals surface area contributed by atoms with Crippen molar-refractivity contribution in [3.8, 4) is 5.75 Å². The van der Waals surface area contributed by atoms with Gasteiger partial charge in [-0.25, -0.2) is 4.79 Å². The van der Waals surface area contributed by atoms with Crippen LogP contribution in [0.2, 0.25) is 0 Å². The first kappa shape index (κ1) is 41.7. The van der Waals surface area contributed by atoms with E-state index >= 15 is 0 Å². The molecule has 4 aliphatic rings. The van der Waals surface area contributed by atoms with Crippen molar-refractivity contribution in [3.63, 3.8) is 0 Å². The summed E-state index contributed by atoms with van der Waals surface area (Å²) in [5.74, 6) is -1.28. The van der Waals surface area contributed by atoms with Gasteiger partial charge in [-0.2, -0.15) is 0 Å². The van der Waals surface area contributed by atoms with E-state index < -0.39 is 136 Å². The van der Waals surface area contributed by atoms with Gasteiger partial charge in [-0.1, -0.05) is 19.1 Å². The van der Waals surface area contributed by atoms with Gasteiger partial charge >= 0.3 is 5.97 Å². The van der Waals surface area contributed by atoms with Crippen molar-refractivity contribution < 1.29 is 94.5 Å². The fourth-order valence-electron chi connectivity index (χ4n) is 6.91. The van der Waals surface area contributed by atoms with Crippen LogP contribution in [0.3, 0.4) is 0 Å². The third kappa shape index (κ3) is 8.69. The minimum Gasteiger partial charge on any atom is -0.478 e. The smallest absolute Gasteiger partial charge is 0.335 e. The van der Waals surface area contributed by atoms with E-state index in [-0.39, 0.29) is 11.3 Å². The number of nitrogens with one attached hydrogen (secondary N) is 1. The largest absolute Gasteiger partial charge is 0.478 e. The molecule has 3 fully saturated rings. The van der Waals surface area contributed by atoms with Crippen LogP contribution in [0.5, 0.6) is 5.75 Å². The Morgan fingerprint density at radius 2 is 1.28 bits per heavy atom. The van der Waals surface area contributed by atoms with E-state index in [1.165, 1.54) is 31.2 Å². The van der Waals surface area contributed by atoms with E-state index in [4.69, 9.17) is 28.4 Å². The average molecular weight is 764 g/mol. The normalized spacial score (nSPS) is 45.0. The maximum Gasteiger partial charge on any atom is 0.335 e. The molecule has 1 aromatic rings. The fraction of sp³-hybridized carbons (Fsp3) is 0.727. The Balaban J connectivity index is 1.22. The minimum absolute atomic E-state index is 0.0322. The second-order valence-electron chi connectivity index (χ2n) is 13.5. The quantitative estimate of drug-likeness (QED) is 0.0884. The number of aromatic carboxylic acids is 1.